The second kappa shape index (κ2) is 12.3. The van der Waals surface area contributed by atoms with Crippen LogP contribution in [0.1, 0.15) is 41.3 Å². The monoisotopic (exact) mass is 695 g/mol. The van der Waals surface area contributed by atoms with Gasteiger partial charge in [0.15, 0.2) is 5.84 Å². The van der Waals surface area contributed by atoms with Crippen LogP contribution in [0.3, 0.4) is 0 Å². The van der Waals surface area contributed by atoms with Crippen molar-refractivity contribution < 1.29 is 8.83 Å². The number of nitrogens with one attached hydrogen (secondary N) is 1. The Morgan fingerprint density at radius 3 is 2.09 bits per heavy atom. The van der Waals surface area contributed by atoms with Crippen LogP contribution in [0.15, 0.2) is 183 Å². The molecule has 0 spiro atoms. The van der Waals surface area contributed by atoms with Gasteiger partial charge in [0.2, 0.25) is 0 Å². The number of fused-ring (bicyclic) bond motifs is 7. The third-order valence-corrected chi connectivity index (χ3v) is 10.7. The lowest BCUT2D eigenvalue weighted by Crippen LogP contribution is -2.33. The maximum absolute atomic E-state index is 6.58. The predicted octanol–water partition coefficient (Wildman–Crippen LogP) is 12.5. The second-order valence-electron chi connectivity index (χ2n) is 14.1. The average Bonchev–Trinajstić information content (AvgIpc) is 3.81. The Hall–Kier alpha value is -6.98. The number of hydrogen-bond acceptors (Lipinski definition) is 5. The van der Waals surface area contributed by atoms with E-state index in [1.54, 1.807) is 0 Å². The molecule has 1 aliphatic carbocycles. The van der Waals surface area contributed by atoms with Gasteiger partial charge in [-0.05, 0) is 93.9 Å². The molecule has 54 heavy (non-hydrogen) atoms. The van der Waals surface area contributed by atoms with Crippen molar-refractivity contribution in [3.8, 4) is 11.1 Å². The first-order valence-electron chi connectivity index (χ1n) is 18.5. The number of furan rings is 2. The fourth-order valence-electron chi connectivity index (χ4n) is 8.02. The standard InChI is InChI=1S/C49H33N3O2/c1-2-10-30(11-3-1)32-18-21-33(22-19-32)47-50-48(36-23-20-31-12-4-5-13-34(31)26-36)52-49(51-47)41-27-37(29-45-46(41)40-15-7-9-17-43(40)54-45)35-24-25-39-38-14-6-8-16-42(38)53-44(39)28-35/h2,4-29,48H,1,3H2,(H,50,51,52). The molecule has 2 aromatic heterocycles. The second-order valence-corrected chi connectivity index (χ2v) is 14.1. The van der Waals surface area contributed by atoms with Gasteiger partial charge in [-0.15, -0.1) is 0 Å². The summed E-state index contributed by atoms with van der Waals surface area (Å²) in [6, 6.07) is 50.9. The Bertz CT molecular complexity index is 3080. The largest absolute Gasteiger partial charge is 0.456 e. The number of para-hydroxylation sites is 2. The van der Waals surface area contributed by atoms with Crippen LogP contribution >= 0.6 is 0 Å². The molecule has 1 aliphatic heterocycles. The van der Waals surface area contributed by atoms with Gasteiger partial charge in [-0.1, -0.05) is 121 Å². The van der Waals surface area contributed by atoms with Crippen molar-refractivity contribution >= 4 is 71.9 Å². The third-order valence-electron chi connectivity index (χ3n) is 10.7. The Morgan fingerprint density at radius 1 is 0.537 bits per heavy atom. The molecule has 1 unspecified atom stereocenters. The lowest BCUT2D eigenvalue weighted by atomic mass is 9.96. The molecular weight excluding hydrogens is 663 g/mol. The predicted molar refractivity (Wildman–Crippen MR) is 222 cm³/mol. The molecule has 0 saturated heterocycles. The molecule has 0 radical (unpaired) electrons. The van der Waals surface area contributed by atoms with Gasteiger partial charge in [0.05, 0.1) is 0 Å². The van der Waals surface area contributed by atoms with Crippen LogP contribution in [0.25, 0.3) is 71.3 Å². The normalized spacial score (nSPS) is 15.9. The molecule has 7 aromatic carbocycles. The molecule has 1 N–H and O–H groups in total. The van der Waals surface area contributed by atoms with Gasteiger partial charge in [0, 0.05) is 32.7 Å². The molecule has 5 heteroatoms. The number of amidine groups is 2. The highest BCUT2D eigenvalue weighted by Gasteiger charge is 2.25. The van der Waals surface area contributed by atoms with E-state index >= 15 is 0 Å². The molecule has 2 aliphatic rings. The smallest absolute Gasteiger partial charge is 0.159 e. The summed E-state index contributed by atoms with van der Waals surface area (Å²) in [5.74, 6) is 1.42. The van der Waals surface area contributed by atoms with Gasteiger partial charge in [-0.2, -0.15) is 0 Å². The highest BCUT2D eigenvalue weighted by molar-refractivity contribution is 6.22. The summed E-state index contributed by atoms with van der Waals surface area (Å²) in [7, 11) is 0. The Morgan fingerprint density at radius 2 is 1.24 bits per heavy atom. The van der Waals surface area contributed by atoms with E-state index in [1.807, 2.05) is 30.3 Å². The minimum Gasteiger partial charge on any atom is -0.456 e. The molecule has 0 fully saturated rings. The summed E-state index contributed by atoms with van der Waals surface area (Å²) in [6.45, 7) is 0. The van der Waals surface area contributed by atoms with Crippen LogP contribution in [-0.4, -0.2) is 11.7 Å². The van der Waals surface area contributed by atoms with Crippen molar-refractivity contribution in [2.45, 2.75) is 19.0 Å². The topological polar surface area (TPSA) is 63.0 Å². The minimum atomic E-state index is -0.371. The summed E-state index contributed by atoms with van der Waals surface area (Å²) >= 11 is 0. The zero-order valence-corrected chi connectivity index (χ0v) is 29.3. The zero-order valence-electron chi connectivity index (χ0n) is 29.3. The van der Waals surface area contributed by atoms with Crippen molar-refractivity contribution in [1.82, 2.24) is 5.32 Å². The maximum atomic E-state index is 6.58. The van der Waals surface area contributed by atoms with Gasteiger partial charge in [-0.3, -0.25) is 0 Å². The first-order chi connectivity index (χ1) is 26.7. The minimum absolute atomic E-state index is 0.371. The van der Waals surface area contributed by atoms with E-state index in [9.17, 15) is 0 Å². The van der Waals surface area contributed by atoms with E-state index in [0.717, 1.165) is 90.4 Å². The van der Waals surface area contributed by atoms with Gasteiger partial charge < -0.3 is 14.2 Å². The molecule has 0 saturated carbocycles. The maximum Gasteiger partial charge on any atom is 0.159 e. The number of nitrogens with zero attached hydrogens (tertiary/aromatic N) is 2. The number of benzene rings is 7. The van der Waals surface area contributed by atoms with E-state index in [0.29, 0.717) is 5.84 Å². The molecule has 9 aromatic rings. The first-order valence-corrected chi connectivity index (χ1v) is 18.5. The Balaban J connectivity index is 1.10. The number of aliphatic imine (C=N–C) groups is 2. The van der Waals surface area contributed by atoms with Crippen LogP contribution in [0, 0.1) is 0 Å². The third kappa shape index (κ3) is 5.16. The summed E-state index contributed by atoms with van der Waals surface area (Å²) in [5.41, 5.74) is 10.8. The fourth-order valence-corrected chi connectivity index (χ4v) is 8.02. The summed E-state index contributed by atoms with van der Waals surface area (Å²) in [6.07, 6.45) is 8.55. The lowest BCUT2D eigenvalue weighted by molar-refractivity contribution is 0.667. The Kier molecular flexibility index (Phi) is 6.99. The molecule has 0 amide bonds. The van der Waals surface area contributed by atoms with Crippen molar-refractivity contribution in [3.05, 3.63) is 186 Å². The molecule has 5 nitrogen and oxygen atoms in total. The Labute approximate surface area is 311 Å². The summed E-state index contributed by atoms with van der Waals surface area (Å²) in [4.78, 5) is 10.6. The van der Waals surface area contributed by atoms with Gasteiger partial charge >= 0.3 is 0 Å². The molecular formula is C49H33N3O2. The van der Waals surface area contributed by atoms with E-state index < -0.39 is 0 Å². The summed E-state index contributed by atoms with van der Waals surface area (Å²) in [5, 5.41) is 10.4. The lowest BCUT2D eigenvalue weighted by Gasteiger charge is -2.24. The fraction of sp³-hybridized carbons (Fsp3) is 0.0612. The molecule has 0 bridgehead atoms. The van der Waals surface area contributed by atoms with Crippen LogP contribution in [0.5, 0.6) is 0 Å². The van der Waals surface area contributed by atoms with Gasteiger partial charge in [0.25, 0.3) is 0 Å². The number of allylic oxidation sites excluding steroid dienone is 4. The first kappa shape index (κ1) is 30.6. The van der Waals surface area contributed by atoms with E-state index in [2.05, 4.69) is 139 Å². The van der Waals surface area contributed by atoms with E-state index in [-0.39, 0.29) is 6.17 Å². The van der Waals surface area contributed by atoms with Crippen molar-refractivity contribution in [1.29, 1.82) is 0 Å². The van der Waals surface area contributed by atoms with Gasteiger partial charge in [0.1, 0.15) is 34.3 Å². The van der Waals surface area contributed by atoms with E-state index in [4.69, 9.17) is 18.8 Å². The molecule has 11 rings (SSSR count). The van der Waals surface area contributed by atoms with Crippen LogP contribution in [0.2, 0.25) is 0 Å². The van der Waals surface area contributed by atoms with E-state index in [1.165, 1.54) is 21.9 Å². The highest BCUT2D eigenvalue weighted by Crippen LogP contribution is 2.38. The summed E-state index contributed by atoms with van der Waals surface area (Å²) < 4.78 is 12.9. The molecule has 256 valence electrons. The van der Waals surface area contributed by atoms with Gasteiger partial charge in [-0.25, -0.2) is 9.98 Å². The average molecular weight is 696 g/mol. The molecule has 3 heterocycles. The molecule has 1 atom stereocenters. The zero-order chi connectivity index (χ0) is 35.6. The highest BCUT2D eigenvalue weighted by atomic mass is 16.3. The van der Waals surface area contributed by atoms with Crippen molar-refractivity contribution in [3.63, 3.8) is 0 Å². The number of rotatable bonds is 5. The quantitative estimate of drug-likeness (QED) is 0.195. The van der Waals surface area contributed by atoms with Crippen molar-refractivity contribution in [2.75, 3.05) is 0 Å². The SMILES string of the molecule is C1=CC(c2ccc(C3=NC(c4ccc5ccccc5c4)NC(c4cc(-c5ccc6c(c5)oc5ccccc56)cc5oc6ccccc6c45)=N3)cc2)=CCC1. The van der Waals surface area contributed by atoms with Crippen LogP contribution in [-0.2, 0) is 0 Å². The van der Waals surface area contributed by atoms with Crippen LogP contribution in [0.4, 0.5) is 0 Å². The van der Waals surface area contributed by atoms with Crippen molar-refractivity contribution in [2.24, 2.45) is 9.98 Å². The van der Waals surface area contributed by atoms with Crippen LogP contribution < -0.4 is 5.32 Å². The number of hydrogen-bond donors (Lipinski definition) is 1.